The molecule has 1 aliphatic rings. The summed E-state index contributed by atoms with van der Waals surface area (Å²) in [5.74, 6) is -1.36. The number of amides is 4. The molecule has 1 atom stereocenters. The topological polar surface area (TPSA) is 95.6 Å². The molecule has 0 aliphatic carbocycles. The number of rotatable bonds is 6. The minimum Gasteiger partial charge on any atom is -0.324 e. The van der Waals surface area contributed by atoms with Crippen molar-refractivity contribution in [3.8, 4) is 0 Å². The van der Waals surface area contributed by atoms with E-state index in [4.69, 9.17) is 0 Å². The van der Waals surface area contributed by atoms with Crippen LogP contribution in [0.15, 0.2) is 97.1 Å². The van der Waals surface area contributed by atoms with E-state index in [1.54, 1.807) is 61.5 Å². The minimum absolute atomic E-state index is 0.245. The highest BCUT2D eigenvalue weighted by atomic mass is 16.2. The Bertz CT molecular complexity index is 1520. The molecule has 0 spiro atoms. The van der Waals surface area contributed by atoms with E-state index in [1.807, 2.05) is 42.5 Å². The van der Waals surface area contributed by atoms with Crippen LogP contribution >= 0.6 is 0 Å². The van der Waals surface area contributed by atoms with Crippen molar-refractivity contribution < 1.29 is 19.2 Å². The summed E-state index contributed by atoms with van der Waals surface area (Å²) < 4.78 is 0. The van der Waals surface area contributed by atoms with Crippen LogP contribution in [0.3, 0.4) is 0 Å². The first-order valence-corrected chi connectivity index (χ1v) is 11.5. The summed E-state index contributed by atoms with van der Waals surface area (Å²) in [6, 6.07) is 28.0. The van der Waals surface area contributed by atoms with Gasteiger partial charge in [0.1, 0.15) is 12.1 Å². The molecule has 4 amide bonds. The number of para-hydroxylation sites is 1. The number of carbonyl (C=O) groups is 4. The number of imide groups is 1. The van der Waals surface area contributed by atoms with Gasteiger partial charge in [-0.1, -0.05) is 78.9 Å². The van der Waals surface area contributed by atoms with Gasteiger partial charge in [-0.2, -0.15) is 0 Å². The van der Waals surface area contributed by atoms with Gasteiger partial charge < -0.3 is 10.6 Å². The highest BCUT2D eigenvalue weighted by molar-refractivity contribution is 6.15. The molecule has 0 radical (unpaired) electrons. The lowest BCUT2D eigenvalue weighted by Gasteiger charge is -2.22. The van der Waals surface area contributed by atoms with Gasteiger partial charge in [0.05, 0.1) is 5.69 Å². The fourth-order valence-corrected chi connectivity index (χ4v) is 4.41. The van der Waals surface area contributed by atoms with E-state index in [1.165, 1.54) is 0 Å². The summed E-state index contributed by atoms with van der Waals surface area (Å²) in [6.45, 7) is 1.14. The van der Waals surface area contributed by atoms with Gasteiger partial charge in [-0.25, -0.2) is 4.79 Å². The number of urea groups is 1. The van der Waals surface area contributed by atoms with Crippen LogP contribution < -0.4 is 10.6 Å². The summed E-state index contributed by atoms with van der Waals surface area (Å²) in [4.78, 5) is 52.8. The zero-order valence-electron chi connectivity index (χ0n) is 19.5. The van der Waals surface area contributed by atoms with Crippen LogP contribution in [-0.4, -0.2) is 35.1 Å². The van der Waals surface area contributed by atoms with Gasteiger partial charge in [-0.3, -0.25) is 19.3 Å². The Kier molecular flexibility index (Phi) is 5.82. The molecule has 7 nitrogen and oxygen atoms in total. The van der Waals surface area contributed by atoms with Gasteiger partial charge >= 0.3 is 6.03 Å². The van der Waals surface area contributed by atoms with Gasteiger partial charge in [0, 0.05) is 11.1 Å². The lowest BCUT2D eigenvalue weighted by Crippen LogP contribution is -2.42. The molecule has 1 heterocycles. The summed E-state index contributed by atoms with van der Waals surface area (Å²) in [7, 11) is 0. The maximum Gasteiger partial charge on any atom is 0.325 e. The number of benzene rings is 4. The number of hydrogen-bond donors (Lipinski definition) is 2. The van der Waals surface area contributed by atoms with Crippen LogP contribution in [0.4, 0.5) is 10.5 Å². The van der Waals surface area contributed by atoms with E-state index in [9.17, 15) is 19.2 Å². The predicted molar refractivity (Wildman–Crippen MR) is 136 cm³/mol. The molecular formula is C29H23N3O4. The zero-order chi connectivity index (χ0) is 25.3. The first kappa shape index (κ1) is 23.0. The van der Waals surface area contributed by atoms with E-state index in [0.29, 0.717) is 22.4 Å². The van der Waals surface area contributed by atoms with Gasteiger partial charge in [0.2, 0.25) is 5.91 Å². The monoisotopic (exact) mass is 477 g/mol. The number of nitrogens with zero attached hydrogens (tertiary/aromatic N) is 1. The maximum atomic E-state index is 13.3. The first-order valence-electron chi connectivity index (χ1n) is 11.5. The smallest absolute Gasteiger partial charge is 0.324 e. The lowest BCUT2D eigenvalue weighted by atomic mass is 9.90. The number of carbonyl (C=O) groups excluding carboxylic acids is 4. The van der Waals surface area contributed by atoms with Crippen LogP contribution in [0, 0.1) is 0 Å². The molecule has 1 fully saturated rings. The van der Waals surface area contributed by atoms with Gasteiger partial charge in [0.15, 0.2) is 5.78 Å². The SMILES string of the molecule is CC1(c2ccc3ccccc3c2)NC(=O)N(CC(=O)Nc2ccccc2C(=O)c2ccccc2)C1=O. The normalized spacial score (nSPS) is 17.2. The average Bonchev–Trinajstić information content (AvgIpc) is 3.12. The second-order valence-electron chi connectivity index (χ2n) is 8.80. The molecule has 7 heteroatoms. The van der Waals surface area contributed by atoms with E-state index in [-0.39, 0.29) is 5.78 Å². The Morgan fingerprint density at radius 3 is 2.28 bits per heavy atom. The third-order valence-corrected chi connectivity index (χ3v) is 6.39. The van der Waals surface area contributed by atoms with Crippen molar-refractivity contribution in [2.24, 2.45) is 0 Å². The molecule has 5 rings (SSSR count). The standard InChI is InChI=1S/C29H23N3O4/c1-29(22-16-15-19-9-5-6-12-21(19)17-22)27(35)32(28(36)31-29)18-25(33)30-24-14-8-7-13-23(24)26(34)20-10-3-2-4-11-20/h2-17H,18H2,1H3,(H,30,33)(H,31,36). The molecule has 2 N–H and O–H groups in total. The van der Waals surface area contributed by atoms with Gasteiger partial charge in [0.25, 0.3) is 5.91 Å². The van der Waals surface area contributed by atoms with Crippen molar-refractivity contribution in [2.45, 2.75) is 12.5 Å². The van der Waals surface area contributed by atoms with Crippen molar-refractivity contribution in [3.05, 3.63) is 114 Å². The summed E-state index contributed by atoms with van der Waals surface area (Å²) in [6.07, 6.45) is 0. The first-order chi connectivity index (χ1) is 17.4. The van der Waals surface area contributed by atoms with Crippen LogP contribution in [0.1, 0.15) is 28.4 Å². The van der Waals surface area contributed by atoms with Crippen molar-refractivity contribution in [2.75, 3.05) is 11.9 Å². The Labute approximate surface area is 207 Å². The van der Waals surface area contributed by atoms with E-state index in [2.05, 4.69) is 10.6 Å². The number of nitrogens with one attached hydrogen (secondary N) is 2. The van der Waals surface area contributed by atoms with E-state index >= 15 is 0 Å². The molecule has 4 aromatic carbocycles. The van der Waals surface area contributed by atoms with Crippen molar-refractivity contribution in [1.29, 1.82) is 0 Å². The van der Waals surface area contributed by atoms with Crippen LogP contribution in [-0.2, 0) is 15.1 Å². The number of fused-ring (bicyclic) bond motifs is 1. The van der Waals surface area contributed by atoms with Gasteiger partial charge in [-0.05, 0) is 41.5 Å². The Morgan fingerprint density at radius 2 is 1.50 bits per heavy atom. The lowest BCUT2D eigenvalue weighted by molar-refractivity contribution is -0.133. The molecule has 1 saturated heterocycles. The zero-order valence-corrected chi connectivity index (χ0v) is 19.5. The fourth-order valence-electron chi connectivity index (χ4n) is 4.41. The van der Waals surface area contributed by atoms with Crippen molar-refractivity contribution >= 4 is 40.1 Å². The second kappa shape index (κ2) is 9.11. The second-order valence-corrected chi connectivity index (χ2v) is 8.80. The quantitative estimate of drug-likeness (QED) is 0.316. The van der Waals surface area contributed by atoms with Crippen LogP contribution in [0.2, 0.25) is 0 Å². The molecule has 0 aromatic heterocycles. The average molecular weight is 478 g/mol. The molecule has 36 heavy (non-hydrogen) atoms. The summed E-state index contributed by atoms with van der Waals surface area (Å²) >= 11 is 0. The van der Waals surface area contributed by atoms with E-state index < -0.39 is 29.9 Å². The van der Waals surface area contributed by atoms with Crippen molar-refractivity contribution in [3.63, 3.8) is 0 Å². The Hall–Kier alpha value is -4.78. The van der Waals surface area contributed by atoms with Crippen LogP contribution in [0.5, 0.6) is 0 Å². The molecule has 178 valence electrons. The summed E-state index contributed by atoms with van der Waals surface area (Å²) in [5, 5.41) is 7.38. The molecule has 1 unspecified atom stereocenters. The van der Waals surface area contributed by atoms with Crippen molar-refractivity contribution in [1.82, 2.24) is 10.2 Å². The Morgan fingerprint density at radius 1 is 0.833 bits per heavy atom. The number of hydrogen-bond acceptors (Lipinski definition) is 4. The molecule has 1 aliphatic heterocycles. The molecule has 0 saturated carbocycles. The Balaban J connectivity index is 1.34. The number of anilines is 1. The third kappa shape index (κ3) is 4.11. The molecule has 4 aromatic rings. The number of ketones is 1. The highest BCUT2D eigenvalue weighted by Crippen LogP contribution is 2.31. The molecule has 0 bridgehead atoms. The van der Waals surface area contributed by atoms with Crippen LogP contribution in [0.25, 0.3) is 10.8 Å². The van der Waals surface area contributed by atoms with Gasteiger partial charge in [-0.15, -0.1) is 0 Å². The molecular weight excluding hydrogens is 454 g/mol. The fraction of sp³-hybridized carbons (Fsp3) is 0.103. The highest BCUT2D eigenvalue weighted by Gasteiger charge is 2.49. The largest absolute Gasteiger partial charge is 0.325 e. The maximum absolute atomic E-state index is 13.3. The van der Waals surface area contributed by atoms with E-state index in [0.717, 1.165) is 15.7 Å². The predicted octanol–water partition coefficient (Wildman–Crippen LogP) is 4.48. The summed E-state index contributed by atoms with van der Waals surface area (Å²) in [5.41, 5.74) is 0.430. The minimum atomic E-state index is -1.30. The third-order valence-electron chi connectivity index (χ3n) is 6.39.